The van der Waals surface area contributed by atoms with E-state index in [0.29, 0.717) is 23.9 Å². The topological polar surface area (TPSA) is 84.2 Å². The van der Waals surface area contributed by atoms with Gasteiger partial charge in [0.2, 0.25) is 5.91 Å². The third-order valence-electron chi connectivity index (χ3n) is 6.02. The lowest BCUT2D eigenvalue weighted by Gasteiger charge is -2.45. The van der Waals surface area contributed by atoms with Gasteiger partial charge in [0.15, 0.2) is 0 Å². The number of hydrogen-bond donors (Lipinski definition) is 3. The minimum absolute atomic E-state index is 0.00218. The molecule has 2 saturated carbocycles. The number of amides is 2. The largest absolute Gasteiger partial charge is 0.352 e. The van der Waals surface area contributed by atoms with E-state index >= 15 is 0 Å². The zero-order chi connectivity index (χ0) is 19.6. The number of rotatable bonds is 4. The van der Waals surface area contributed by atoms with Gasteiger partial charge in [0.1, 0.15) is 0 Å². The van der Waals surface area contributed by atoms with Crippen LogP contribution in [-0.2, 0) is 11.3 Å². The van der Waals surface area contributed by atoms with Crippen LogP contribution in [0.2, 0.25) is 0 Å². The smallest absolute Gasteiger partial charge is 0.251 e. The molecule has 2 aliphatic carbocycles. The summed E-state index contributed by atoms with van der Waals surface area (Å²) in [6.45, 7) is 6.15. The molecule has 5 nitrogen and oxygen atoms in total. The highest BCUT2D eigenvalue weighted by Gasteiger charge is 2.39. The number of carbonyl (C=O) groups excluding carboxylic acids is 2. The van der Waals surface area contributed by atoms with Gasteiger partial charge in [-0.15, -0.1) is 0 Å². The van der Waals surface area contributed by atoms with Gasteiger partial charge in [0.25, 0.3) is 5.91 Å². The maximum atomic E-state index is 12.7. The van der Waals surface area contributed by atoms with Crippen LogP contribution in [0.4, 0.5) is 0 Å². The molecule has 2 bridgehead atoms. The van der Waals surface area contributed by atoms with Crippen molar-refractivity contribution < 1.29 is 9.59 Å². The van der Waals surface area contributed by atoms with E-state index in [-0.39, 0.29) is 23.9 Å². The van der Waals surface area contributed by atoms with Crippen molar-refractivity contribution in [1.29, 1.82) is 0 Å². The van der Waals surface area contributed by atoms with E-state index in [2.05, 4.69) is 10.6 Å². The van der Waals surface area contributed by atoms with Crippen LogP contribution in [0, 0.1) is 17.3 Å². The first-order chi connectivity index (χ1) is 12.7. The van der Waals surface area contributed by atoms with Gasteiger partial charge in [-0.2, -0.15) is 0 Å². The molecule has 2 amide bonds. The third kappa shape index (κ3) is 4.89. The van der Waals surface area contributed by atoms with Crippen LogP contribution in [-0.4, -0.2) is 23.9 Å². The predicted molar refractivity (Wildman–Crippen MR) is 107 cm³/mol. The lowest BCUT2D eigenvalue weighted by atomic mass is 9.67. The number of carbonyl (C=O) groups is 2. The molecule has 4 N–H and O–H groups in total. The zero-order valence-corrected chi connectivity index (χ0v) is 16.8. The van der Waals surface area contributed by atoms with E-state index in [1.165, 1.54) is 19.3 Å². The van der Waals surface area contributed by atoms with Crippen molar-refractivity contribution in [2.45, 2.75) is 71.5 Å². The molecule has 1 aromatic carbocycles. The lowest BCUT2D eigenvalue weighted by Crippen LogP contribution is -2.53. The standard InChI is InChI=1S/C22H33N3O2/c1-22(2,3)21(27)24-13-14-7-9-15(10-8-14)20(26)25-19-16-5-4-6-17(19)12-18(23)11-16/h7-10,16-19H,4-6,11-13,23H2,1-3H3,(H,24,27)(H,25,26). The Morgan fingerprint density at radius 3 is 2.22 bits per heavy atom. The van der Waals surface area contributed by atoms with Gasteiger partial charge in [0.05, 0.1) is 0 Å². The van der Waals surface area contributed by atoms with Gasteiger partial charge in [-0.05, 0) is 55.2 Å². The second-order valence-corrected chi connectivity index (χ2v) is 9.31. The van der Waals surface area contributed by atoms with E-state index in [9.17, 15) is 9.59 Å². The van der Waals surface area contributed by atoms with Crippen LogP contribution in [0.1, 0.15) is 68.8 Å². The summed E-state index contributed by atoms with van der Waals surface area (Å²) in [7, 11) is 0. The molecule has 2 fully saturated rings. The molecule has 0 radical (unpaired) electrons. The molecule has 0 aromatic heterocycles. The molecular weight excluding hydrogens is 338 g/mol. The second kappa shape index (κ2) is 8.01. The molecule has 148 valence electrons. The SMILES string of the molecule is CC(C)(C)C(=O)NCc1ccc(C(=O)NC2C3CCCC2CC(N)C3)cc1. The summed E-state index contributed by atoms with van der Waals surface area (Å²) in [5.74, 6) is 1.05. The first kappa shape index (κ1) is 19.9. The third-order valence-corrected chi connectivity index (χ3v) is 6.02. The average molecular weight is 372 g/mol. The number of nitrogens with one attached hydrogen (secondary N) is 2. The Morgan fingerprint density at radius 2 is 1.67 bits per heavy atom. The van der Waals surface area contributed by atoms with Gasteiger partial charge in [-0.3, -0.25) is 9.59 Å². The normalized spacial score (nSPS) is 27.7. The Morgan fingerprint density at radius 1 is 1.07 bits per heavy atom. The highest BCUT2D eigenvalue weighted by Crippen LogP contribution is 2.39. The van der Waals surface area contributed by atoms with Gasteiger partial charge in [-0.1, -0.05) is 39.3 Å². The fourth-order valence-electron chi connectivity index (χ4n) is 4.48. The van der Waals surface area contributed by atoms with E-state index in [1.54, 1.807) is 0 Å². The van der Waals surface area contributed by atoms with Crippen LogP contribution in [0.15, 0.2) is 24.3 Å². The Balaban J connectivity index is 1.57. The van der Waals surface area contributed by atoms with Gasteiger partial charge in [0, 0.05) is 29.6 Å². The van der Waals surface area contributed by atoms with Crippen molar-refractivity contribution in [3.8, 4) is 0 Å². The minimum atomic E-state index is -0.402. The molecule has 0 aliphatic heterocycles. The Hall–Kier alpha value is -1.88. The van der Waals surface area contributed by atoms with Crippen molar-refractivity contribution in [1.82, 2.24) is 10.6 Å². The maximum Gasteiger partial charge on any atom is 0.251 e. The van der Waals surface area contributed by atoms with Crippen LogP contribution in [0.25, 0.3) is 0 Å². The molecule has 5 heteroatoms. The van der Waals surface area contributed by atoms with E-state index in [0.717, 1.165) is 18.4 Å². The lowest BCUT2D eigenvalue weighted by molar-refractivity contribution is -0.128. The number of fused-ring (bicyclic) bond motifs is 2. The fourth-order valence-corrected chi connectivity index (χ4v) is 4.48. The van der Waals surface area contributed by atoms with Gasteiger partial charge >= 0.3 is 0 Å². The van der Waals surface area contributed by atoms with E-state index < -0.39 is 5.41 Å². The van der Waals surface area contributed by atoms with Crippen LogP contribution < -0.4 is 16.4 Å². The zero-order valence-electron chi connectivity index (χ0n) is 16.8. The quantitative estimate of drug-likeness (QED) is 0.761. The summed E-state index contributed by atoms with van der Waals surface area (Å²) in [6.07, 6.45) is 5.63. The summed E-state index contributed by atoms with van der Waals surface area (Å²) in [4.78, 5) is 24.7. The molecule has 0 spiro atoms. The van der Waals surface area contributed by atoms with Gasteiger partial charge in [-0.25, -0.2) is 0 Å². The molecule has 0 saturated heterocycles. The summed E-state index contributed by atoms with van der Waals surface area (Å²) in [5.41, 5.74) is 7.44. The summed E-state index contributed by atoms with van der Waals surface area (Å²) >= 11 is 0. The molecule has 27 heavy (non-hydrogen) atoms. The molecule has 2 unspecified atom stereocenters. The maximum absolute atomic E-state index is 12.7. The minimum Gasteiger partial charge on any atom is -0.352 e. The van der Waals surface area contributed by atoms with Crippen LogP contribution in [0.3, 0.4) is 0 Å². The monoisotopic (exact) mass is 371 g/mol. The van der Waals surface area contributed by atoms with E-state index in [1.807, 2.05) is 45.0 Å². The van der Waals surface area contributed by atoms with Crippen molar-refractivity contribution in [3.63, 3.8) is 0 Å². The summed E-state index contributed by atoms with van der Waals surface area (Å²) < 4.78 is 0. The average Bonchev–Trinajstić information content (AvgIpc) is 2.60. The fraction of sp³-hybridized carbons (Fsp3) is 0.636. The Kier molecular flexibility index (Phi) is 5.89. The molecular formula is C22H33N3O2. The highest BCUT2D eigenvalue weighted by atomic mass is 16.2. The summed E-state index contributed by atoms with van der Waals surface area (Å²) in [6, 6.07) is 8.06. The molecule has 3 rings (SSSR count). The van der Waals surface area contributed by atoms with Crippen LogP contribution >= 0.6 is 0 Å². The van der Waals surface area contributed by atoms with Crippen molar-refractivity contribution in [3.05, 3.63) is 35.4 Å². The Bertz CT molecular complexity index is 664. The molecule has 1 aromatic rings. The number of benzene rings is 1. The van der Waals surface area contributed by atoms with Crippen molar-refractivity contribution in [2.75, 3.05) is 0 Å². The molecule has 2 aliphatic rings. The first-order valence-electron chi connectivity index (χ1n) is 10.2. The number of nitrogens with two attached hydrogens (primary N) is 1. The van der Waals surface area contributed by atoms with Crippen molar-refractivity contribution >= 4 is 11.8 Å². The predicted octanol–water partition coefficient (Wildman–Crippen LogP) is 2.98. The first-order valence-corrected chi connectivity index (χ1v) is 10.2. The van der Waals surface area contributed by atoms with Gasteiger partial charge < -0.3 is 16.4 Å². The van der Waals surface area contributed by atoms with E-state index in [4.69, 9.17) is 5.73 Å². The number of hydrogen-bond acceptors (Lipinski definition) is 3. The van der Waals surface area contributed by atoms with Crippen LogP contribution in [0.5, 0.6) is 0 Å². The highest BCUT2D eigenvalue weighted by molar-refractivity contribution is 5.94. The second-order valence-electron chi connectivity index (χ2n) is 9.31. The molecule has 0 heterocycles. The van der Waals surface area contributed by atoms with Crippen molar-refractivity contribution in [2.24, 2.45) is 23.0 Å². The summed E-state index contributed by atoms with van der Waals surface area (Å²) in [5, 5.41) is 6.22. The Labute approximate surface area is 162 Å². The molecule has 2 atom stereocenters.